The second kappa shape index (κ2) is 7.09. The minimum absolute atomic E-state index is 0.0223. The molecule has 132 valence electrons. The van der Waals surface area contributed by atoms with Gasteiger partial charge in [-0.1, -0.05) is 0 Å². The molecule has 1 amide bonds. The SMILES string of the molecule is COc1ccc2cc(C(=O)NC3CCC(C(=O)O)CC3)c(C)nc2c1. The molecule has 0 aliphatic heterocycles. The Morgan fingerprint density at radius 2 is 1.92 bits per heavy atom. The van der Waals surface area contributed by atoms with Crippen LogP contribution < -0.4 is 10.1 Å². The van der Waals surface area contributed by atoms with E-state index >= 15 is 0 Å². The maximum atomic E-state index is 12.6. The van der Waals surface area contributed by atoms with Crippen LogP contribution in [0, 0.1) is 12.8 Å². The van der Waals surface area contributed by atoms with Crippen molar-refractivity contribution in [3.63, 3.8) is 0 Å². The Morgan fingerprint density at radius 1 is 1.20 bits per heavy atom. The van der Waals surface area contributed by atoms with Gasteiger partial charge in [-0.05, 0) is 50.8 Å². The molecule has 0 atom stereocenters. The molecule has 0 spiro atoms. The molecule has 0 unspecified atom stereocenters. The van der Waals surface area contributed by atoms with Crippen LogP contribution in [0.1, 0.15) is 41.7 Å². The predicted octanol–water partition coefficient (Wildman–Crippen LogP) is 2.93. The predicted molar refractivity (Wildman–Crippen MR) is 93.9 cm³/mol. The van der Waals surface area contributed by atoms with E-state index in [0.29, 0.717) is 36.9 Å². The first-order valence-corrected chi connectivity index (χ1v) is 8.47. The van der Waals surface area contributed by atoms with Crippen molar-refractivity contribution < 1.29 is 19.4 Å². The highest BCUT2D eigenvalue weighted by Crippen LogP contribution is 2.25. The molecular formula is C19H22N2O4. The Morgan fingerprint density at radius 3 is 2.56 bits per heavy atom. The van der Waals surface area contributed by atoms with E-state index in [0.717, 1.165) is 16.7 Å². The van der Waals surface area contributed by atoms with Gasteiger partial charge in [-0.25, -0.2) is 0 Å². The van der Waals surface area contributed by atoms with Crippen LogP contribution in [0.15, 0.2) is 24.3 Å². The van der Waals surface area contributed by atoms with Gasteiger partial charge in [0.2, 0.25) is 0 Å². The van der Waals surface area contributed by atoms with Crippen LogP contribution in [0.4, 0.5) is 0 Å². The van der Waals surface area contributed by atoms with Crippen LogP contribution in [0.25, 0.3) is 10.9 Å². The summed E-state index contributed by atoms with van der Waals surface area (Å²) in [5.74, 6) is -0.449. The summed E-state index contributed by atoms with van der Waals surface area (Å²) in [4.78, 5) is 28.2. The molecule has 1 aromatic carbocycles. The molecule has 1 aliphatic rings. The number of aliphatic carboxylic acids is 1. The molecule has 6 heteroatoms. The number of nitrogens with zero attached hydrogens (tertiary/aromatic N) is 1. The van der Waals surface area contributed by atoms with Gasteiger partial charge in [0, 0.05) is 17.5 Å². The second-order valence-electron chi connectivity index (χ2n) is 6.54. The molecular weight excluding hydrogens is 320 g/mol. The molecule has 0 radical (unpaired) electrons. The van der Waals surface area contributed by atoms with E-state index in [9.17, 15) is 9.59 Å². The number of hydrogen-bond acceptors (Lipinski definition) is 4. The number of carbonyl (C=O) groups is 2. The number of aryl methyl sites for hydroxylation is 1. The summed E-state index contributed by atoms with van der Waals surface area (Å²) in [5.41, 5.74) is 2.01. The van der Waals surface area contributed by atoms with Gasteiger partial charge in [0.1, 0.15) is 5.75 Å². The summed E-state index contributed by atoms with van der Waals surface area (Å²) in [5, 5.41) is 13.0. The van der Waals surface area contributed by atoms with E-state index in [-0.39, 0.29) is 17.9 Å². The largest absolute Gasteiger partial charge is 0.497 e. The normalized spacial score (nSPS) is 20.2. The van der Waals surface area contributed by atoms with Crippen LogP contribution in [0.2, 0.25) is 0 Å². The summed E-state index contributed by atoms with van der Waals surface area (Å²) in [6, 6.07) is 7.44. The van der Waals surface area contributed by atoms with Crippen LogP contribution in [-0.2, 0) is 4.79 Å². The second-order valence-corrected chi connectivity index (χ2v) is 6.54. The highest BCUT2D eigenvalue weighted by molar-refractivity contribution is 5.99. The van der Waals surface area contributed by atoms with Crippen LogP contribution in [0.3, 0.4) is 0 Å². The maximum absolute atomic E-state index is 12.6. The summed E-state index contributed by atoms with van der Waals surface area (Å²) in [7, 11) is 1.61. The molecule has 1 saturated carbocycles. The van der Waals surface area contributed by atoms with Crippen molar-refractivity contribution in [3.05, 3.63) is 35.5 Å². The number of benzene rings is 1. The fourth-order valence-electron chi connectivity index (χ4n) is 3.35. The third kappa shape index (κ3) is 3.73. The molecule has 3 rings (SSSR count). The Kier molecular flexibility index (Phi) is 4.88. The van der Waals surface area contributed by atoms with Crippen molar-refractivity contribution in [1.29, 1.82) is 0 Å². The maximum Gasteiger partial charge on any atom is 0.306 e. The number of pyridine rings is 1. The average Bonchev–Trinajstić information content (AvgIpc) is 2.60. The van der Waals surface area contributed by atoms with E-state index < -0.39 is 5.97 Å². The van der Waals surface area contributed by atoms with E-state index in [1.807, 2.05) is 31.2 Å². The summed E-state index contributed by atoms with van der Waals surface area (Å²) in [6.45, 7) is 1.81. The van der Waals surface area contributed by atoms with Crippen LogP contribution in [-0.4, -0.2) is 35.1 Å². The molecule has 1 fully saturated rings. The number of fused-ring (bicyclic) bond motifs is 1. The van der Waals surface area contributed by atoms with Gasteiger partial charge in [0.15, 0.2) is 0 Å². The van der Waals surface area contributed by atoms with E-state index in [4.69, 9.17) is 9.84 Å². The first-order valence-electron chi connectivity index (χ1n) is 8.47. The lowest BCUT2D eigenvalue weighted by atomic mass is 9.86. The fourth-order valence-corrected chi connectivity index (χ4v) is 3.35. The molecule has 6 nitrogen and oxygen atoms in total. The zero-order valence-corrected chi connectivity index (χ0v) is 14.4. The number of aromatic nitrogens is 1. The van der Waals surface area contributed by atoms with E-state index in [1.165, 1.54) is 0 Å². The van der Waals surface area contributed by atoms with Gasteiger partial charge in [-0.3, -0.25) is 14.6 Å². The Bertz CT molecular complexity index is 810. The van der Waals surface area contributed by atoms with Gasteiger partial charge in [0.05, 0.1) is 29.8 Å². The van der Waals surface area contributed by atoms with E-state index in [2.05, 4.69) is 10.3 Å². The van der Waals surface area contributed by atoms with Gasteiger partial charge < -0.3 is 15.2 Å². The monoisotopic (exact) mass is 342 g/mol. The third-order valence-electron chi connectivity index (χ3n) is 4.87. The number of nitrogens with one attached hydrogen (secondary N) is 1. The standard InChI is InChI=1S/C19H22N2O4/c1-11-16(9-13-5-8-15(25-2)10-17(13)20-11)18(22)21-14-6-3-12(4-7-14)19(23)24/h5,8-10,12,14H,3-4,6-7H2,1-2H3,(H,21,22)(H,23,24). The Balaban J connectivity index is 1.74. The molecule has 0 bridgehead atoms. The van der Waals surface area contributed by atoms with Crippen molar-refractivity contribution in [3.8, 4) is 5.75 Å². The fraction of sp³-hybridized carbons (Fsp3) is 0.421. The molecule has 1 aliphatic carbocycles. The van der Waals surface area contributed by atoms with Gasteiger partial charge in [0.25, 0.3) is 5.91 Å². The number of carboxylic acid groups (broad SMARTS) is 1. The number of amides is 1. The van der Waals surface area contributed by atoms with Crippen molar-refractivity contribution in [1.82, 2.24) is 10.3 Å². The molecule has 2 N–H and O–H groups in total. The first-order chi connectivity index (χ1) is 12.0. The lowest BCUT2D eigenvalue weighted by Crippen LogP contribution is -2.39. The van der Waals surface area contributed by atoms with Gasteiger partial charge >= 0.3 is 5.97 Å². The molecule has 25 heavy (non-hydrogen) atoms. The summed E-state index contributed by atoms with van der Waals surface area (Å²) < 4.78 is 5.20. The number of rotatable bonds is 4. The lowest BCUT2D eigenvalue weighted by molar-refractivity contribution is -0.142. The number of methoxy groups -OCH3 is 1. The lowest BCUT2D eigenvalue weighted by Gasteiger charge is -2.27. The minimum Gasteiger partial charge on any atom is -0.497 e. The van der Waals surface area contributed by atoms with Crippen molar-refractivity contribution in [2.45, 2.75) is 38.6 Å². The molecule has 2 aromatic rings. The molecule has 0 saturated heterocycles. The smallest absolute Gasteiger partial charge is 0.306 e. The van der Waals surface area contributed by atoms with E-state index in [1.54, 1.807) is 7.11 Å². The number of hydrogen-bond donors (Lipinski definition) is 2. The van der Waals surface area contributed by atoms with Crippen LogP contribution in [0.5, 0.6) is 5.75 Å². The highest BCUT2D eigenvalue weighted by atomic mass is 16.5. The van der Waals surface area contributed by atoms with Crippen molar-refractivity contribution in [2.24, 2.45) is 5.92 Å². The van der Waals surface area contributed by atoms with Crippen molar-refractivity contribution in [2.75, 3.05) is 7.11 Å². The number of carbonyl (C=O) groups excluding carboxylic acids is 1. The first kappa shape index (κ1) is 17.2. The number of carboxylic acids is 1. The zero-order chi connectivity index (χ0) is 18.0. The number of ether oxygens (including phenoxy) is 1. The van der Waals surface area contributed by atoms with Crippen LogP contribution >= 0.6 is 0 Å². The average molecular weight is 342 g/mol. The highest BCUT2D eigenvalue weighted by Gasteiger charge is 2.27. The molecule has 1 aromatic heterocycles. The topological polar surface area (TPSA) is 88.5 Å². The van der Waals surface area contributed by atoms with Gasteiger partial charge in [-0.15, -0.1) is 0 Å². The third-order valence-corrected chi connectivity index (χ3v) is 4.87. The minimum atomic E-state index is -0.741. The Hall–Kier alpha value is -2.63. The quantitative estimate of drug-likeness (QED) is 0.892. The zero-order valence-electron chi connectivity index (χ0n) is 14.4. The summed E-state index contributed by atoms with van der Waals surface area (Å²) in [6.07, 6.45) is 2.60. The molecule has 1 heterocycles. The van der Waals surface area contributed by atoms with Crippen molar-refractivity contribution >= 4 is 22.8 Å². The Labute approximate surface area is 146 Å². The summed E-state index contributed by atoms with van der Waals surface area (Å²) >= 11 is 0. The van der Waals surface area contributed by atoms with Gasteiger partial charge in [-0.2, -0.15) is 0 Å².